The predicted molar refractivity (Wildman–Crippen MR) is 123 cm³/mol. The number of hydrazone groups is 1. The number of amides is 2. The molecule has 0 unspecified atom stereocenters. The van der Waals surface area contributed by atoms with E-state index in [0.29, 0.717) is 21.4 Å². The number of ether oxygens (including phenoxy) is 1. The molecule has 6 nitrogen and oxygen atoms in total. The molecule has 0 bridgehead atoms. The molecule has 0 heterocycles. The highest BCUT2D eigenvalue weighted by Crippen LogP contribution is 2.30. The van der Waals surface area contributed by atoms with Gasteiger partial charge in [0.05, 0.1) is 21.8 Å². The molecular weight excluding hydrogens is 494 g/mol. The SMILES string of the molecule is O=C(N/N=C\c1cccc(OCc2ccc(Cl)c(Cl)c2)c1)C(=O)Nc1cccc(C(F)(F)F)c1. The fourth-order valence-electron chi connectivity index (χ4n) is 2.66. The molecule has 3 rings (SSSR count). The van der Waals surface area contributed by atoms with Gasteiger partial charge in [0.25, 0.3) is 0 Å². The Morgan fingerprint density at radius 1 is 0.941 bits per heavy atom. The fraction of sp³-hybridized carbons (Fsp3) is 0.0870. The Kier molecular flexibility index (Phi) is 8.14. The zero-order valence-corrected chi connectivity index (χ0v) is 18.7. The molecule has 3 aromatic rings. The maximum atomic E-state index is 12.8. The van der Waals surface area contributed by atoms with E-state index in [2.05, 4.69) is 10.4 Å². The van der Waals surface area contributed by atoms with Gasteiger partial charge in [0.2, 0.25) is 0 Å². The third-order valence-electron chi connectivity index (χ3n) is 4.28. The van der Waals surface area contributed by atoms with Crippen molar-refractivity contribution in [3.8, 4) is 5.75 Å². The van der Waals surface area contributed by atoms with Gasteiger partial charge in [0.15, 0.2) is 0 Å². The largest absolute Gasteiger partial charge is 0.489 e. The van der Waals surface area contributed by atoms with E-state index in [-0.39, 0.29) is 12.3 Å². The summed E-state index contributed by atoms with van der Waals surface area (Å²) in [5.74, 6) is -1.81. The predicted octanol–water partition coefficient (Wildman–Crippen LogP) is 5.68. The van der Waals surface area contributed by atoms with Crippen LogP contribution in [0.25, 0.3) is 0 Å². The standard InChI is InChI=1S/C23H16Cl2F3N3O3/c24-19-8-7-15(10-20(19)25)13-34-18-6-1-3-14(9-18)12-29-31-22(33)21(32)30-17-5-2-4-16(11-17)23(26,27)28/h1-12H,13H2,(H,30,32)(H,31,33)/b29-12-. The van der Waals surface area contributed by atoms with E-state index < -0.39 is 23.6 Å². The Hall–Kier alpha value is -3.56. The molecule has 0 atom stereocenters. The minimum Gasteiger partial charge on any atom is -0.489 e. The number of anilines is 1. The Morgan fingerprint density at radius 3 is 2.44 bits per heavy atom. The van der Waals surface area contributed by atoms with Crippen LogP contribution in [0.5, 0.6) is 5.75 Å². The Balaban J connectivity index is 1.54. The van der Waals surface area contributed by atoms with Crippen molar-refractivity contribution in [3.05, 3.63) is 93.5 Å². The molecular formula is C23H16Cl2F3N3O3. The summed E-state index contributed by atoms with van der Waals surface area (Å²) in [5, 5.41) is 6.63. The third-order valence-corrected chi connectivity index (χ3v) is 5.02. The second-order valence-corrected chi connectivity index (χ2v) is 7.66. The lowest BCUT2D eigenvalue weighted by Gasteiger charge is -2.09. The van der Waals surface area contributed by atoms with Gasteiger partial charge in [-0.25, -0.2) is 5.43 Å². The third kappa shape index (κ3) is 7.23. The highest BCUT2D eigenvalue weighted by molar-refractivity contribution is 6.42. The number of hydrogen-bond acceptors (Lipinski definition) is 4. The molecule has 0 saturated heterocycles. The molecule has 3 aromatic carbocycles. The topological polar surface area (TPSA) is 79.8 Å². The summed E-state index contributed by atoms with van der Waals surface area (Å²) in [5.41, 5.74) is 2.26. The molecule has 34 heavy (non-hydrogen) atoms. The van der Waals surface area contributed by atoms with Gasteiger partial charge in [-0.3, -0.25) is 9.59 Å². The molecule has 0 spiro atoms. The molecule has 2 amide bonds. The van der Waals surface area contributed by atoms with Gasteiger partial charge in [0, 0.05) is 5.69 Å². The van der Waals surface area contributed by atoms with Gasteiger partial charge >= 0.3 is 18.0 Å². The quantitative estimate of drug-likeness (QED) is 0.255. The highest BCUT2D eigenvalue weighted by atomic mass is 35.5. The van der Waals surface area contributed by atoms with Gasteiger partial charge in [-0.1, -0.05) is 47.5 Å². The summed E-state index contributed by atoms with van der Waals surface area (Å²) in [6.45, 7) is 0.240. The first-order valence-electron chi connectivity index (χ1n) is 9.60. The van der Waals surface area contributed by atoms with Crippen molar-refractivity contribution in [1.29, 1.82) is 0 Å². The maximum absolute atomic E-state index is 12.8. The number of nitrogens with zero attached hydrogens (tertiary/aromatic N) is 1. The molecule has 11 heteroatoms. The van der Waals surface area contributed by atoms with Crippen molar-refractivity contribution in [2.75, 3.05) is 5.32 Å². The van der Waals surface area contributed by atoms with Crippen LogP contribution in [0.1, 0.15) is 16.7 Å². The average molecular weight is 510 g/mol. The summed E-state index contributed by atoms with van der Waals surface area (Å²) in [6, 6.07) is 15.8. The number of rotatable bonds is 6. The highest BCUT2D eigenvalue weighted by Gasteiger charge is 2.30. The molecule has 176 valence electrons. The Bertz CT molecular complexity index is 1230. The smallest absolute Gasteiger partial charge is 0.416 e. The van der Waals surface area contributed by atoms with E-state index >= 15 is 0 Å². The number of carbonyl (C=O) groups is 2. The van der Waals surface area contributed by atoms with Crippen LogP contribution in [0.2, 0.25) is 10.0 Å². The molecule has 0 saturated carbocycles. The molecule has 0 fully saturated rings. The van der Waals surface area contributed by atoms with Gasteiger partial charge in [-0.15, -0.1) is 0 Å². The molecule has 0 aromatic heterocycles. The molecule has 0 aliphatic rings. The van der Waals surface area contributed by atoms with Crippen LogP contribution in [-0.2, 0) is 22.4 Å². The second kappa shape index (κ2) is 11.0. The van der Waals surface area contributed by atoms with E-state index in [1.54, 1.807) is 42.5 Å². The monoisotopic (exact) mass is 509 g/mol. The summed E-state index contributed by atoms with van der Waals surface area (Å²) < 4.78 is 44.0. The number of hydrogen-bond donors (Lipinski definition) is 2. The lowest BCUT2D eigenvalue weighted by Crippen LogP contribution is -2.32. The van der Waals surface area contributed by atoms with Crippen LogP contribution in [0.3, 0.4) is 0 Å². The average Bonchev–Trinajstić information content (AvgIpc) is 2.79. The lowest BCUT2D eigenvalue weighted by molar-refractivity contribution is -0.137. The minimum atomic E-state index is -4.58. The maximum Gasteiger partial charge on any atom is 0.416 e. The fourth-order valence-corrected chi connectivity index (χ4v) is 2.98. The van der Waals surface area contributed by atoms with Gasteiger partial charge < -0.3 is 10.1 Å². The van der Waals surface area contributed by atoms with Crippen LogP contribution in [-0.4, -0.2) is 18.0 Å². The van der Waals surface area contributed by atoms with Crippen molar-refractivity contribution in [3.63, 3.8) is 0 Å². The van der Waals surface area contributed by atoms with Crippen LogP contribution in [0, 0.1) is 0 Å². The number of nitrogens with one attached hydrogen (secondary N) is 2. The normalized spacial score (nSPS) is 11.3. The van der Waals surface area contributed by atoms with Crippen molar-refractivity contribution in [1.82, 2.24) is 5.43 Å². The van der Waals surface area contributed by atoms with Crippen molar-refractivity contribution in [2.24, 2.45) is 5.10 Å². The van der Waals surface area contributed by atoms with E-state index in [9.17, 15) is 22.8 Å². The summed E-state index contributed by atoms with van der Waals surface area (Å²) in [4.78, 5) is 23.8. The zero-order chi connectivity index (χ0) is 24.7. The van der Waals surface area contributed by atoms with E-state index in [0.717, 1.165) is 23.8 Å². The summed E-state index contributed by atoms with van der Waals surface area (Å²) >= 11 is 11.9. The van der Waals surface area contributed by atoms with E-state index in [4.69, 9.17) is 27.9 Å². The number of alkyl halides is 3. The zero-order valence-electron chi connectivity index (χ0n) is 17.2. The Morgan fingerprint density at radius 2 is 1.71 bits per heavy atom. The van der Waals surface area contributed by atoms with Crippen molar-refractivity contribution < 1.29 is 27.5 Å². The van der Waals surface area contributed by atoms with E-state index in [1.807, 2.05) is 5.43 Å². The van der Waals surface area contributed by atoms with Crippen LogP contribution in [0.4, 0.5) is 18.9 Å². The van der Waals surface area contributed by atoms with Gasteiger partial charge in [0.1, 0.15) is 12.4 Å². The molecule has 0 radical (unpaired) electrons. The number of halogens is 5. The minimum absolute atomic E-state index is 0.175. The molecule has 0 aliphatic heterocycles. The molecule has 2 N–H and O–H groups in total. The van der Waals surface area contributed by atoms with E-state index in [1.165, 1.54) is 12.3 Å². The number of benzene rings is 3. The van der Waals surface area contributed by atoms with Gasteiger partial charge in [-0.05, 0) is 53.6 Å². The van der Waals surface area contributed by atoms with Gasteiger partial charge in [-0.2, -0.15) is 18.3 Å². The lowest BCUT2D eigenvalue weighted by atomic mass is 10.2. The first-order chi connectivity index (χ1) is 16.1. The number of carbonyl (C=O) groups excluding carboxylic acids is 2. The first kappa shape index (κ1) is 25.1. The van der Waals surface area contributed by atoms with Crippen molar-refractivity contribution >= 4 is 46.9 Å². The summed E-state index contributed by atoms with van der Waals surface area (Å²) in [7, 11) is 0. The van der Waals surface area contributed by atoms with Crippen LogP contribution >= 0.6 is 23.2 Å². The first-order valence-corrected chi connectivity index (χ1v) is 10.4. The van der Waals surface area contributed by atoms with Crippen LogP contribution < -0.4 is 15.5 Å². The Labute approximate surface area is 202 Å². The summed E-state index contributed by atoms with van der Waals surface area (Å²) in [6.07, 6.45) is -3.30. The van der Waals surface area contributed by atoms with Crippen LogP contribution in [0.15, 0.2) is 71.8 Å². The second-order valence-electron chi connectivity index (χ2n) is 6.84. The molecule has 0 aliphatic carbocycles. The van der Waals surface area contributed by atoms with Crippen molar-refractivity contribution in [2.45, 2.75) is 12.8 Å².